The van der Waals surface area contributed by atoms with Crippen molar-refractivity contribution in [3.63, 3.8) is 0 Å². The van der Waals surface area contributed by atoms with Crippen molar-refractivity contribution in [1.29, 1.82) is 0 Å². The summed E-state index contributed by atoms with van der Waals surface area (Å²) in [5.74, 6) is 3.07. The van der Waals surface area contributed by atoms with Gasteiger partial charge in [0.25, 0.3) is 0 Å². The highest BCUT2D eigenvalue weighted by molar-refractivity contribution is 7.91. The average molecular weight is 413 g/mol. The van der Waals surface area contributed by atoms with E-state index < -0.39 is 18.3 Å². The van der Waals surface area contributed by atoms with Crippen molar-refractivity contribution in [2.24, 2.45) is 0 Å². The Kier molecular flexibility index (Phi) is 4.98. The van der Waals surface area contributed by atoms with Crippen LogP contribution in [0.5, 0.6) is 11.5 Å². The molecule has 0 amide bonds. The monoisotopic (exact) mass is 413 g/mol. The lowest BCUT2D eigenvalue weighted by Crippen LogP contribution is -2.43. The quantitative estimate of drug-likeness (QED) is 0.615. The van der Waals surface area contributed by atoms with E-state index in [1.54, 1.807) is 7.11 Å². The number of pyridine rings is 1. The van der Waals surface area contributed by atoms with Gasteiger partial charge in [-0.1, -0.05) is 17.2 Å². The molecule has 5 rings (SSSR count). The summed E-state index contributed by atoms with van der Waals surface area (Å²) in [6.45, 7) is 0.510. The van der Waals surface area contributed by atoms with Gasteiger partial charge in [0.15, 0.2) is 11.5 Å². The van der Waals surface area contributed by atoms with E-state index in [0.717, 1.165) is 53.0 Å². The van der Waals surface area contributed by atoms with Crippen molar-refractivity contribution in [1.82, 2.24) is 4.98 Å². The zero-order chi connectivity index (χ0) is 20.0. The molecule has 4 heterocycles. The molecule has 6 nitrogen and oxygen atoms in total. The van der Waals surface area contributed by atoms with Gasteiger partial charge in [0.1, 0.15) is 17.1 Å². The minimum absolute atomic E-state index is 0.152. The van der Waals surface area contributed by atoms with Crippen molar-refractivity contribution in [3.8, 4) is 22.6 Å². The van der Waals surface area contributed by atoms with E-state index in [-0.39, 0.29) is 11.5 Å². The van der Waals surface area contributed by atoms with Gasteiger partial charge in [0.05, 0.1) is 7.11 Å². The number of hydrogen-bond donors (Lipinski definition) is 1. The smallest absolute Gasteiger partial charge is 0.454 e. The molecule has 29 heavy (non-hydrogen) atoms. The second kappa shape index (κ2) is 7.50. The Morgan fingerprint density at radius 2 is 2.14 bits per heavy atom. The zero-order valence-electron chi connectivity index (χ0n) is 16.4. The molecule has 1 N–H and O–H groups in total. The summed E-state index contributed by atoms with van der Waals surface area (Å²) in [6, 6.07) is 6.16. The minimum Gasteiger partial charge on any atom is -0.616 e. The summed E-state index contributed by atoms with van der Waals surface area (Å²) in [6.07, 6.45) is 6.71. The van der Waals surface area contributed by atoms with E-state index in [0.29, 0.717) is 24.4 Å². The summed E-state index contributed by atoms with van der Waals surface area (Å²) in [4.78, 5) is 4.46. The van der Waals surface area contributed by atoms with Crippen LogP contribution in [0.4, 0.5) is 0 Å². The molecule has 3 aliphatic rings. The van der Waals surface area contributed by atoms with Crippen LogP contribution < -0.4 is 9.47 Å². The fourth-order valence-electron chi connectivity index (χ4n) is 4.67. The first kappa shape index (κ1) is 19.2. The van der Waals surface area contributed by atoms with E-state index >= 15 is 0 Å². The van der Waals surface area contributed by atoms with Crippen molar-refractivity contribution in [3.05, 3.63) is 41.7 Å². The molecule has 2 fully saturated rings. The van der Waals surface area contributed by atoms with Crippen LogP contribution in [-0.4, -0.2) is 52.5 Å². The predicted octanol–water partition coefficient (Wildman–Crippen LogP) is 2.57. The molecule has 1 aromatic carbocycles. The highest BCUT2D eigenvalue weighted by atomic mass is 32.2. The summed E-state index contributed by atoms with van der Waals surface area (Å²) >= 11 is -0.737. The number of rotatable bonds is 3. The molecule has 0 saturated carbocycles. The van der Waals surface area contributed by atoms with Gasteiger partial charge in [-0.05, 0) is 29.6 Å². The number of hydrogen-bond acceptors (Lipinski definition) is 6. The highest BCUT2D eigenvalue weighted by Gasteiger charge is 2.46. The SMILES string of the molecule is COc1ccc(-c2cncc(C3COB(O)C3)c2)c2c1OC1(CC[S+]([O-])CC1)C2. The van der Waals surface area contributed by atoms with Gasteiger partial charge in [-0.15, -0.1) is 0 Å². The number of aromatic nitrogens is 1. The van der Waals surface area contributed by atoms with Crippen LogP contribution >= 0.6 is 0 Å². The van der Waals surface area contributed by atoms with E-state index in [1.165, 1.54) is 0 Å². The Bertz CT molecular complexity index is 918. The molecule has 3 aliphatic heterocycles. The van der Waals surface area contributed by atoms with Crippen LogP contribution in [0.2, 0.25) is 6.32 Å². The van der Waals surface area contributed by atoms with Gasteiger partial charge in [-0.25, -0.2) is 0 Å². The molecule has 2 aromatic rings. The Morgan fingerprint density at radius 3 is 2.86 bits per heavy atom. The number of nitrogens with zero attached hydrogens (tertiary/aromatic N) is 1. The van der Waals surface area contributed by atoms with E-state index in [9.17, 15) is 9.58 Å². The molecule has 1 atom stereocenters. The fraction of sp³-hybridized carbons (Fsp3) is 0.476. The zero-order valence-corrected chi connectivity index (χ0v) is 17.2. The van der Waals surface area contributed by atoms with Gasteiger partial charge in [-0.2, -0.15) is 0 Å². The number of methoxy groups -OCH3 is 1. The van der Waals surface area contributed by atoms with Crippen molar-refractivity contribution in [2.75, 3.05) is 25.2 Å². The molecule has 0 radical (unpaired) electrons. The van der Waals surface area contributed by atoms with E-state index in [1.807, 2.05) is 18.5 Å². The molecular weight excluding hydrogens is 389 g/mol. The first-order valence-electron chi connectivity index (χ1n) is 10.1. The summed E-state index contributed by atoms with van der Waals surface area (Å²) in [5, 5.41) is 9.70. The van der Waals surface area contributed by atoms with Gasteiger partial charge in [0.2, 0.25) is 0 Å². The largest absolute Gasteiger partial charge is 0.616 e. The van der Waals surface area contributed by atoms with Crippen LogP contribution in [0.15, 0.2) is 30.6 Å². The third-order valence-electron chi connectivity index (χ3n) is 6.35. The summed E-state index contributed by atoms with van der Waals surface area (Å²) in [5.41, 5.74) is 4.05. The van der Waals surface area contributed by atoms with Crippen LogP contribution in [-0.2, 0) is 22.3 Å². The van der Waals surface area contributed by atoms with Crippen LogP contribution in [0.1, 0.15) is 29.9 Å². The van der Waals surface area contributed by atoms with Crippen molar-refractivity contribution in [2.45, 2.75) is 37.1 Å². The first-order chi connectivity index (χ1) is 14.1. The molecule has 2 saturated heterocycles. The molecule has 8 heteroatoms. The lowest BCUT2D eigenvalue weighted by Gasteiger charge is -2.33. The molecule has 1 aromatic heterocycles. The third kappa shape index (κ3) is 3.52. The second-order valence-corrected chi connectivity index (χ2v) is 9.86. The minimum atomic E-state index is -0.737. The first-order valence-corrected chi connectivity index (χ1v) is 11.5. The Hall–Kier alpha value is -1.74. The Morgan fingerprint density at radius 1 is 1.31 bits per heavy atom. The summed E-state index contributed by atoms with van der Waals surface area (Å²) in [7, 11) is 0.964. The van der Waals surface area contributed by atoms with Gasteiger partial charge >= 0.3 is 7.12 Å². The van der Waals surface area contributed by atoms with E-state index in [2.05, 4.69) is 17.1 Å². The number of ether oxygens (including phenoxy) is 2. The normalized spacial score (nSPS) is 28.4. The lowest BCUT2D eigenvalue weighted by molar-refractivity contribution is 0.0805. The number of benzene rings is 1. The maximum atomic E-state index is 11.9. The maximum absolute atomic E-state index is 11.9. The van der Waals surface area contributed by atoms with E-state index in [4.69, 9.17) is 14.1 Å². The van der Waals surface area contributed by atoms with Crippen molar-refractivity contribution < 1.29 is 23.7 Å². The van der Waals surface area contributed by atoms with Crippen LogP contribution in [0, 0.1) is 0 Å². The standard InChI is InChI=1S/C21H24BNO5S/c1-26-19-3-2-17(15-8-14(11-23-12-15)16-10-22(24)27-13-16)18-9-21(28-20(18)19)4-6-29(25)7-5-21/h2-3,8,11-12,16,24H,4-7,9-10,13H2,1H3. The van der Waals surface area contributed by atoms with Gasteiger partial charge in [-0.3, -0.25) is 4.98 Å². The Balaban J connectivity index is 1.51. The molecular formula is C21H24BNO5S. The number of fused-ring (bicyclic) bond motifs is 1. The fourth-order valence-corrected chi connectivity index (χ4v) is 6.08. The topological polar surface area (TPSA) is 83.9 Å². The lowest BCUT2D eigenvalue weighted by atomic mass is 9.79. The third-order valence-corrected chi connectivity index (χ3v) is 7.67. The highest BCUT2D eigenvalue weighted by Crippen LogP contribution is 2.50. The molecule has 0 bridgehead atoms. The second-order valence-electron chi connectivity index (χ2n) is 8.16. The maximum Gasteiger partial charge on any atom is 0.454 e. The van der Waals surface area contributed by atoms with Crippen LogP contribution in [0.25, 0.3) is 11.1 Å². The molecule has 152 valence electrons. The van der Waals surface area contributed by atoms with Crippen LogP contribution in [0.3, 0.4) is 0 Å². The molecule has 0 aliphatic carbocycles. The van der Waals surface area contributed by atoms with Crippen molar-refractivity contribution >= 4 is 18.3 Å². The van der Waals surface area contributed by atoms with Gasteiger partial charge in [0, 0.05) is 55.3 Å². The molecule has 1 unspecified atom stereocenters. The van der Waals surface area contributed by atoms with Gasteiger partial charge < -0.3 is 23.7 Å². The summed E-state index contributed by atoms with van der Waals surface area (Å²) < 4.78 is 29.2. The molecule has 1 spiro atoms. The average Bonchev–Trinajstić information content (AvgIpc) is 3.34. The Labute approximate surface area is 173 Å². The predicted molar refractivity (Wildman–Crippen MR) is 112 cm³/mol.